The minimum atomic E-state index is -0.102. The van der Waals surface area contributed by atoms with Crippen molar-refractivity contribution in [1.82, 2.24) is 10.2 Å². The maximum Gasteiger partial charge on any atom is 0.202 e. The highest BCUT2D eigenvalue weighted by molar-refractivity contribution is 7.07. The highest BCUT2D eigenvalue weighted by Crippen LogP contribution is 2.07. The van der Waals surface area contributed by atoms with Crippen LogP contribution in [0, 0.1) is 0 Å². The zero-order valence-electron chi connectivity index (χ0n) is 10.1. The highest BCUT2D eigenvalue weighted by atomic mass is 32.1. The Morgan fingerprint density at radius 2 is 2.35 bits per heavy atom. The minimum absolute atomic E-state index is 0.102. The van der Waals surface area contributed by atoms with E-state index in [1.807, 2.05) is 14.0 Å². The third-order valence-corrected chi connectivity index (χ3v) is 3.28. The number of likely N-dealkylation sites (N-methyl/N-ethyl adjacent to an activating group) is 1. The van der Waals surface area contributed by atoms with Gasteiger partial charge in [0, 0.05) is 13.6 Å². The van der Waals surface area contributed by atoms with Gasteiger partial charge in [-0.15, -0.1) is 0 Å². The second-order valence-corrected chi connectivity index (χ2v) is 4.81. The van der Waals surface area contributed by atoms with E-state index in [1.54, 1.807) is 11.3 Å². The molecule has 92 valence electrons. The van der Waals surface area contributed by atoms with Gasteiger partial charge in [-0.3, -0.25) is 5.32 Å². The number of thiophene rings is 1. The van der Waals surface area contributed by atoms with E-state index in [0.717, 1.165) is 18.9 Å². The molecule has 1 aliphatic rings. The first-order valence-electron chi connectivity index (χ1n) is 5.55. The third kappa shape index (κ3) is 3.20. The van der Waals surface area contributed by atoms with Gasteiger partial charge in [0.2, 0.25) is 5.96 Å². The average Bonchev–Trinajstić information content (AvgIpc) is 2.77. The standard InChI is InChI=1S/C11H17N5S/c1-8-13-10(12)15-11(14-8)16(2)5-3-9-4-6-17-7-9/h4,6-8H,3,5H2,1-2H3,(H3,12,13,14,15). The van der Waals surface area contributed by atoms with Crippen LogP contribution >= 0.6 is 11.3 Å². The van der Waals surface area contributed by atoms with Crippen LogP contribution < -0.4 is 11.1 Å². The molecule has 17 heavy (non-hydrogen) atoms. The van der Waals surface area contributed by atoms with Gasteiger partial charge < -0.3 is 10.6 Å². The molecule has 6 heteroatoms. The van der Waals surface area contributed by atoms with Gasteiger partial charge in [0.15, 0.2) is 5.96 Å². The molecule has 0 spiro atoms. The van der Waals surface area contributed by atoms with Crippen LogP contribution in [0.1, 0.15) is 12.5 Å². The van der Waals surface area contributed by atoms with Crippen LogP contribution in [0.4, 0.5) is 0 Å². The Balaban J connectivity index is 1.90. The fraction of sp³-hybridized carbons (Fsp3) is 0.455. The summed E-state index contributed by atoms with van der Waals surface area (Å²) in [5.74, 6) is 1.23. The predicted molar refractivity (Wildman–Crippen MR) is 72.3 cm³/mol. The highest BCUT2D eigenvalue weighted by Gasteiger charge is 2.14. The number of hydrogen-bond donors (Lipinski definition) is 2. The predicted octanol–water partition coefficient (Wildman–Crippen LogP) is 0.842. The van der Waals surface area contributed by atoms with Crippen LogP contribution in [0.5, 0.6) is 0 Å². The van der Waals surface area contributed by atoms with Crippen molar-refractivity contribution in [1.29, 1.82) is 0 Å². The summed E-state index contributed by atoms with van der Waals surface area (Å²) < 4.78 is 0. The lowest BCUT2D eigenvalue weighted by atomic mass is 10.2. The van der Waals surface area contributed by atoms with Crippen molar-refractivity contribution in [3.8, 4) is 0 Å². The Kier molecular flexibility index (Phi) is 3.63. The Morgan fingerprint density at radius 3 is 3.00 bits per heavy atom. The van der Waals surface area contributed by atoms with Crippen LogP contribution in [0.2, 0.25) is 0 Å². The molecule has 3 N–H and O–H groups in total. The van der Waals surface area contributed by atoms with E-state index >= 15 is 0 Å². The summed E-state index contributed by atoms with van der Waals surface area (Å²) in [5.41, 5.74) is 7.03. The molecule has 0 aliphatic carbocycles. The molecular weight excluding hydrogens is 234 g/mol. The number of guanidine groups is 2. The normalized spacial score (nSPS) is 19.3. The molecule has 0 aromatic carbocycles. The van der Waals surface area contributed by atoms with Crippen molar-refractivity contribution in [2.45, 2.75) is 19.5 Å². The van der Waals surface area contributed by atoms with E-state index in [4.69, 9.17) is 5.73 Å². The van der Waals surface area contributed by atoms with Crippen molar-refractivity contribution in [2.24, 2.45) is 15.7 Å². The first-order valence-corrected chi connectivity index (χ1v) is 6.50. The zero-order chi connectivity index (χ0) is 12.3. The molecule has 1 unspecified atom stereocenters. The Morgan fingerprint density at radius 1 is 1.53 bits per heavy atom. The van der Waals surface area contributed by atoms with Crippen LogP contribution in [0.3, 0.4) is 0 Å². The first kappa shape index (κ1) is 11.9. The molecule has 1 atom stereocenters. The van der Waals surface area contributed by atoms with Gasteiger partial charge in [-0.05, 0) is 35.7 Å². The molecule has 0 bridgehead atoms. The molecule has 1 aromatic heterocycles. The monoisotopic (exact) mass is 251 g/mol. The topological polar surface area (TPSA) is 66.0 Å². The molecule has 2 heterocycles. The van der Waals surface area contributed by atoms with Crippen molar-refractivity contribution < 1.29 is 0 Å². The molecule has 0 saturated carbocycles. The first-order chi connectivity index (χ1) is 8.15. The fourth-order valence-corrected chi connectivity index (χ4v) is 2.32. The zero-order valence-corrected chi connectivity index (χ0v) is 10.9. The maximum atomic E-state index is 5.68. The van der Waals surface area contributed by atoms with Crippen molar-refractivity contribution in [2.75, 3.05) is 13.6 Å². The summed E-state index contributed by atoms with van der Waals surface area (Å²) in [7, 11) is 2.00. The number of rotatable bonds is 3. The number of hydrogen-bond acceptors (Lipinski definition) is 6. The largest absolute Gasteiger partial charge is 0.370 e. The van der Waals surface area contributed by atoms with E-state index in [-0.39, 0.29) is 6.17 Å². The van der Waals surface area contributed by atoms with E-state index in [1.165, 1.54) is 5.56 Å². The summed E-state index contributed by atoms with van der Waals surface area (Å²) in [6, 6.07) is 2.15. The molecular formula is C11H17N5S. The summed E-state index contributed by atoms with van der Waals surface area (Å²) >= 11 is 1.72. The van der Waals surface area contributed by atoms with Gasteiger partial charge in [0.05, 0.1) is 0 Å². The third-order valence-electron chi connectivity index (χ3n) is 2.55. The number of aliphatic imine (C=N–C) groups is 2. The molecule has 0 fully saturated rings. The molecule has 0 saturated heterocycles. The Labute approximate surface area is 105 Å². The van der Waals surface area contributed by atoms with E-state index in [2.05, 4.69) is 37.0 Å². The Hall–Kier alpha value is -1.56. The lowest BCUT2D eigenvalue weighted by molar-refractivity contribution is 0.486. The average molecular weight is 251 g/mol. The van der Waals surface area contributed by atoms with E-state index in [9.17, 15) is 0 Å². The van der Waals surface area contributed by atoms with Crippen molar-refractivity contribution >= 4 is 23.3 Å². The number of nitrogens with two attached hydrogens (primary N) is 1. The number of nitrogens with one attached hydrogen (secondary N) is 1. The maximum absolute atomic E-state index is 5.68. The van der Waals surface area contributed by atoms with Crippen LogP contribution in [0.25, 0.3) is 0 Å². The van der Waals surface area contributed by atoms with E-state index in [0.29, 0.717) is 5.96 Å². The summed E-state index contributed by atoms with van der Waals surface area (Å²) in [6.45, 7) is 2.82. The van der Waals surface area contributed by atoms with Gasteiger partial charge in [-0.1, -0.05) is 0 Å². The van der Waals surface area contributed by atoms with Gasteiger partial charge in [0.1, 0.15) is 6.17 Å². The Bertz CT molecular complexity index is 423. The van der Waals surface area contributed by atoms with Crippen LogP contribution in [-0.2, 0) is 6.42 Å². The van der Waals surface area contributed by atoms with Crippen molar-refractivity contribution in [3.05, 3.63) is 22.4 Å². The second-order valence-electron chi connectivity index (χ2n) is 4.03. The molecule has 2 rings (SSSR count). The lowest BCUT2D eigenvalue weighted by Gasteiger charge is -2.25. The smallest absolute Gasteiger partial charge is 0.202 e. The second kappa shape index (κ2) is 5.18. The number of nitrogens with zero attached hydrogens (tertiary/aromatic N) is 3. The van der Waals surface area contributed by atoms with Gasteiger partial charge in [0.25, 0.3) is 0 Å². The fourth-order valence-electron chi connectivity index (χ4n) is 1.62. The van der Waals surface area contributed by atoms with Crippen LogP contribution in [0.15, 0.2) is 26.8 Å². The van der Waals surface area contributed by atoms with Gasteiger partial charge >= 0.3 is 0 Å². The van der Waals surface area contributed by atoms with E-state index < -0.39 is 0 Å². The molecule has 0 amide bonds. The quantitative estimate of drug-likeness (QED) is 0.836. The van der Waals surface area contributed by atoms with Crippen molar-refractivity contribution in [3.63, 3.8) is 0 Å². The SMILES string of the molecule is CC1N=C(N)NC(N(C)CCc2ccsc2)=N1. The minimum Gasteiger partial charge on any atom is -0.370 e. The lowest BCUT2D eigenvalue weighted by Crippen LogP contribution is -2.49. The van der Waals surface area contributed by atoms with Gasteiger partial charge in [-0.25, -0.2) is 9.98 Å². The molecule has 0 radical (unpaired) electrons. The molecule has 1 aliphatic heterocycles. The summed E-state index contributed by atoms with van der Waals surface area (Å²) in [5, 5.41) is 7.25. The van der Waals surface area contributed by atoms with Gasteiger partial charge in [-0.2, -0.15) is 11.3 Å². The summed E-state index contributed by atoms with van der Waals surface area (Å²) in [4.78, 5) is 10.6. The summed E-state index contributed by atoms with van der Waals surface area (Å²) in [6.07, 6.45) is 0.904. The molecule has 1 aromatic rings. The molecule has 5 nitrogen and oxygen atoms in total. The van der Waals surface area contributed by atoms with Crippen LogP contribution in [-0.4, -0.2) is 36.6 Å².